The first-order valence-corrected chi connectivity index (χ1v) is 3.73. The van der Waals surface area contributed by atoms with Crippen LogP contribution in [0.4, 0.5) is 0 Å². The number of hydrogen-bond donors (Lipinski definition) is 1. The van der Waals surface area contributed by atoms with E-state index in [0.717, 1.165) is 11.3 Å². The molecule has 0 spiro atoms. The van der Waals surface area contributed by atoms with Crippen molar-refractivity contribution in [2.24, 2.45) is 0 Å². The molecular formula is C9H11NO2. The molecule has 3 nitrogen and oxygen atoms in total. The van der Waals surface area contributed by atoms with Crippen molar-refractivity contribution in [3.63, 3.8) is 0 Å². The number of rotatable bonds is 2. The molecule has 12 heavy (non-hydrogen) atoms. The summed E-state index contributed by atoms with van der Waals surface area (Å²) in [5.41, 5.74) is 2.65. The Kier molecular flexibility index (Phi) is 2.13. The second-order valence-electron chi connectivity index (χ2n) is 2.84. The van der Waals surface area contributed by atoms with Crippen molar-refractivity contribution >= 4 is 12.1 Å². The minimum absolute atomic E-state index is 0.0704. The van der Waals surface area contributed by atoms with Crippen molar-refractivity contribution in [1.29, 1.82) is 0 Å². The van der Waals surface area contributed by atoms with Gasteiger partial charge in [-0.15, -0.1) is 0 Å². The van der Waals surface area contributed by atoms with E-state index in [1.54, 1.807) is 0 Å². The summed E-state index contributed by atoms with van der Waals surface area (Å²) in [5, 5.41) is 0. The predicted octanol–water partition coefficient (Wildman–Crippen LogP) is 1.65. The summed E-state index contributed by atoms with van der Waals surface area (Å²) in [5.74, 6) is -0.0704. The van der Waals surface area contributed by atoms with E-state index in [0.29, 0.717) is 17.5 Å². The summed E-state index contributed by atoms with van der Waals surface area (Å²) in [7, 11) is 0. The Balaban J connectivity index is 3.40. The predicted molar refractivity (Wildman–Crippen MR) is 45.7 cm³/mol. The van der Waals surface area contributed by atoms with Gasteiger partial charge in [-0.25, -0.2) is 0 Å². The van der Waals surface area contributed by atoms with E-state index in [1.807, 2.05) is 13.8 Å². The normalized spacial score (nSPS) is 9.92. The monoisotopic (exact) mass is 165 g/mol. The molecule has 0 aromatic carbocycles. The molecule has 0 saturated carbocycles. The first-order valence-electron chi connectivity index (χ1n) is 3.73. The van der Waals surface area contributed by atoms with Crippen LogP contribution in [-0.4, -0.2) is 17.1 Å². The fraction of sp³-hybridized carbons (Fsp3) is 0.333. The highest BCUT2D eigenvalue weighted by Gasteiger charge is 2.14. The number of aldehydes is 1. The molecule has 0 amide bonds. The number of H-pyrrole nitrogens is 1. The molecular weight excluding hydrogens is 154 g/mol. The lowest BCUT2D eigenvalue weighted by Gasteiger charge is -1.93. The molecule has 0 unspecified atom stereocenters. The fourth-order valence-corrected chi connectivity index (χ4v) is 1.29. The number of aromatic nitrogens is 1. The Morgan fingerprint density at radius 3 is 2.33 bits per heavy atom. The molecule has 0 atom stereocenters. The van der Waals surface area contributed by atoms with Crippen molar-refractivity contribution in [3.05, 3.63) is 22.5 Å². The molecule has 1 N–H and O–H groups in total. The highest BCUT2D eigenvalue weighted by molar-refractivity contribution is 6.02. The molecule has 0 aliphatic carbocycles. The molecule has 1 heterocycles. The van der Waals surface area contributed by atoms with Gasteiger partial charge >= 0.3 is 0 Å². The lowest BCUT2D eigenvalue weighted by Crippen LogP contribution is -1.97. The highest BCUT2D eigenvalue weighted by atomic mass is 16.1. The van der Waals surface area contributed by atoms with Gasteiger partial charge in [-0.1, -0.05) is 0 Å². The summed E-state index contributed by atoms with van der Waals surface area (Å²) >= 11 is 0. The van der Waals surface area contributed by atoms with Crippen LogP contribution in [0, 0.1) is 13.8 Å². The third-order valence-corrected chi connectivity index (χ3v) is 2.00. The maximum atomic E-state index is 11.1. The lowest BCUT2D eigenvalue weighted by atomic mass is 10.1. The van der Waals surface area contributed by atoms with Gasteiger partial charge in [0.05, 0.1) is 5.69 Å². The van der Waals surface area contributed by atoms with Crippen molar-refractivity contribution in [3.8, 4) is 0 Å². The first kappa shape index (κ1) is 8.71. The van der Waals surface area contributed by atoms with Crippen LogP contribution in [0.2, 0.25) is 0 Å². The second-order valence-corrected chi connectivity index (χ2v) is 2.84. The average Bonchev–Trinajstić information content (AvgIpc) is 2.28. The van der Waals surface area contributed by atoms with Crippen LogP contribution in [0.5, 0.6) is 0 Å². The van der Waals surface area contributed by atoms with E-state index in [9.17, 15) is 9.59 Å². The molecule has 0 fully saturated rings. The number of Topliss-reactive ketones (excluding diaryl/α,β-unsaturated/α-hetero) is 1. The zero-order valence-corrected chi connectivity index (χ0v) is 7.39. The number of carbonyl (C=O) groups is 2. The van der Waals surface area contributed by atoms with Gasteiger partial charge in [0.15, 0.2) is 12.1 Å². The smallest absolute Gasteiger partial charge is 0.167 e. The summed E-state index contributed by atoms with van der Waals surface area (Å²) < 4.78 is 0. The summed E-state index contributed by atoms with van der Waals surface area (Å²) in [6.45, 7) is 5.13. The Hall–Kier alpha value is -1.38. The number of hydrogen-bond acceptors (Lipinski definition) is 2. The third-order valence-electron chi connectivity index (χ3n) is 2.00. The van der Waals surface area contributed by atoms with E-state index in [-0.39, 0.29) is 5.78 Å². The SMILES string of the molecule is CC(=O)c1c(C=O)[nH]c(C)c1C. The van der Waals surface area contributed by atoms with Crippen molar-refractivity contribution in [2.75, 3.05) is 0 Å². The molecule has 0 aliphatic heterocycles. The van der Waals surface area contributed by atoms with Crippen LogP contribution >= 0.6 is 0 Å². The van der Waals surface area contributed by atoms with Gasteiger partial charge in [0, 0.05) is 11.3 Å². The molecule has 64 valence electrons. The van der Waals surface area contributed by atoms with Gasteiger partial charge in [0.1, 0.15) is 0 Å². The van der Waals surface area contributed by atoms with Crippen molar-refractivity contribution < 1.29 is 9.59 Å². The van der Waals surface area contributed by atoms with Gasteiger partial charge in [0.25, 0.3) is 0 Å². The Labute approximate surface area is 70.8 Å². The third kappa shape index (κ3) is 1.18. The Morgan fingerprint density at radius 1 is 1.42 bits per heavy atom. The number of aromatic amines is 1. The zero-order chi connectivity index (χ0) is 9.30. The van der Waals surface area contributed by atoms with Gasteiger partial charge < -0.3 is 4.98 Å². The Morgan fingerprint density at radius 2 is 2.00 bits per heavy atom. The number of ketones is 1. The fourth-order valence-electron chi connectivity index (χ4n) is 1.29. The summed E-state index contributed by atoms with van der Waals surface area (Å²) in [4.78, 5) is 24.4. The number of aryl methyl sites for hydroxylation is 1. The van der Waals surface area contributed by atoms with E-state index in [1.165, 1.54) is 6.92 Å². The maximum absolute atomic E-state index is 11.1. The molecule has 1 aromatic rings. The molecule has 0 radical (unpaired) electrons. The topological polar surface area (TPSA) is 49.9 Å². The van der Waals surface area contributed by atoms with Crippen molar-refractivity contribution in [2.45, 2.75) is 20.8 Å². The van der Waals surface area contributed by atoms with Crippen LogP contribution in [0.1, 0.15) is 39.0 Å². The van der Waals surface area contributed by atoms with Crippen LogP contribution in [-0.2, 0) is 0 Å². The van der Waals surface area contributed by atoms with Crippen molar-refractivity contribution in [1.82, 2.24) is 4.98 Å². The van der Waals surface area contributed by atoms with Crippen LogP contribution in [0.3, 0.4) is 0 Å². The van der Waals surface area contributed by atoms with Gasteiger partial charge in [0.2, 0.25) is 0 Å². The van der Waals surface area contributed by atoms with Gasteiger partial charge in [-0.3, -0.25) is 9.59 Å². The molecule has 1 rings (SSSR count). The average molecular weight is 165 g/mol. The maximum Gasteiger partial charge on any atom is 0.167 e. The number of carbonyl (C=O) groups excluding carboxylic acids is 2. The van der Waals surface area contributed by atoms with Crippen LogP contribution in [0.25, 0.3) is 0 Å². The zero-order valence-electron chi connectivity index (χ0n) is 7.39. The quantitative estimate of drug-likeness (QED) is 0.535. The Bertz CT molecular complexity index is 337. The first-order chi connectivity index (χ1) is 5.57. The molecule has 0 bridgehead atoms. The van der Waals surface area contributed by atoms with E-state index in [2.05, 4.69) is 4.98 Å². The minimum atomic E-state index is -0.0704. The summed E-state index contributed by atoms with van der Waals surface area (Å²) in [6, 6.07) is 0. The van der Waals surface area contributed by atoms with Gasteiger partial charge in [-0.2, -0.15) is 0 Å². The van der Waals surface area contributed by atoms with E-state index < -0.39 is 0 Å². The summed E-state index contributed by atoms with van der Waals surface area (Å²) in [6.07, 6.45) is 0.677. The number of nitrogens with one attached hydrogen (secondary N) is 1. The second kappa shape index (κ2) is 2.93. The van der Waals surface area contributed by atoms with Crippen LogP contribution in [0.15, 0.2) is 0 Å². The van der Waals surface area contributed by atoms with E-state index in [4.69, 9.17) is 0 Å². The van der Waals surface area contributed by atoms with Crippen LogP contribution < -0.4 is 0 Å². The molecule has 1 aromatic heterocycles. The van der Waals surface area contributed by atoms with Gasteiger partial charge in [-0.05, 0) is 26.3 Å². The molecule has 0 aliphatic rings. The van der Waals surface area contributed by atoms with E-state index >= 15 is 0 Å². The molecule has 3 heteroatoms. The molecule has 0 saturated heterocycles. The lowest BCUT2D eigenvalue weighted by molar-refractivity contribution is 0.100. The highest BCUT2D eigenvalue weighted by Crippen LogP contribution is 2.16. The minimum Gasteiger partial charge on any atom is -0.356 e. The standard InChI is InChI=1S/C9H11NO2/c1-5-6(2)10-8(4-11)9(5)7(3)12/h4,10H,1-3H3. The largest absolute Gasteiger partial charge is 0.356 e.